The molecule has 5 rings (SSSR count). The van der Waals surface area contributed by atoms with Gasteiger partial charge in [-0.2, -0.15) is 0 Å². The first-order chi connectivity index (χ1) is 17.8. The minimum Gasteiger partial charge on any atom is -0.497 e. The van der Waals surface area contributed by atoms with Crippen LogP contribution in [0.1, 0.15) is 72.5 Å². The molecular formula is C29H31N3O5. The molecule has 2 heterocycles. The number of hydrogen-bond acceptors (Lipinski definition) is 7. The third kappa shape index (κ3) is 4.53. The first kappa shape index (κ1) is 24.8. The molecule has 8 nitrogen and oxygen atoms in total. The molecule has 0 fully saturated rings. The lowest BCUT2D eigenvalue weighted by molar-refractivity contribution is 0.0642. The molecule has 192 valence electrons. The number of imide groups is 1. The van der Waals surface area contributed by atoms with Crippen LogP contribution in [0, 0.1) is 0 Å². The van der Waals surface area contributed by atoms with E-state index in [0.717, 1.165) is 18.5 Å². The van der Waals surface area contributed by atoms with Crippen molar-refractivity contribution in [3.8, 4) is 11.5 Å². The average Bonchev–Trinajstić information content (AvgIpc) is 3.12. The maximum atomic E-state index is 13.3. The topological polar surface area (TPSA) is 91.7 Å². The Labute approximate surface area is 216 Å². The molecule has 3 aliphatic rings. The SMILES string of the molecule is COc1ccc2c(c1)N=C(CCN1C(=O)c3cccc(OC(C)C)c3C1=O)N(C1=CCCC(C)=C1)C2O. The number of nitrogens with zero attached hydrogens (tertiary/aromatic N) is 3. The molecule has 0 bridgehead atoms. The highest BCUT2D eigenvalue weighted by Gasteiger charge is 2.39. The molecular weight excluding hydrogens is 470 g/mol. The first-order valence-corrected chi connectivity index (χ1v) is 12.5. The summed E-state index contributed by atoms with van der Waals surface area (Å²) in [6, 6.07) is 10.5. The van der Waals surface area contributed by atoms with Crippen molar-refractivity contribution in [2.24, 2.45) is 4.99 Å². The minimum absolute atomic E-state index is 0.116. The minimum atomic E-state index is -0.963. The summed E-state index contributed by atoms with van der Waals surface area (Å²) < 4.78 is 11.2. The zero-order chi connectivity index (χ0) is 26.3. The molecule has 1 aliphatic carbocycles. The molecule has 2 aromatic carbocycles. The van der Waals surface area contributed by atoms with Gasteiger partial charge in [-0.25, -0.2) is 4.99 Å². The van der Waals surface area contributed by atoms with Crippen LogP contribution in [0.2, 0.25) is 0 Å². The number of aliphatic hydroxyl groups is 1. The van der Waals surface area contributed by atoms with E-state index >= 15 is 0 Å². The fourth-order valence-electron chi connectivity index (χ4n) is 4.97. The number of ether oxygens (including phenoxy) is 2. The van der Waals surface area contributed by atoms with Crippen LogP contribution >= 0.6 is 0 Å². The number of aliphatic hydroxyl groups excluding tert-OH is 1. The van der Waals surface area contributed by atoms with Crippen LogP contribution < -0.4 is 9.47 Å². The van der Waals surface area contributed by atoms with E-state index in [1.54, 1.807) is 42.3 Å². The molecule has 2 aromatic rings. The van der Waals surface area contributed by atoms with E-state index in [1.165, 1.54) is 10.5 Å². The van der Waals surface area contributed by atoms with Crippen LogP contribution in [0.15, 0.2) is 64.8 Å². The molecule has 0 spiro atoms. The Hall–Kier alpha value is -3.91. The number of methoxy groups -OCH3 is 1. The van der Waals surface area contributed by atoms with Gasteiger partial charge in [-0.15, -0.1) is 0 Å². The maximum Gasteiger partial charge on any atom is 0.265 e. The third-order valence-electron chi connectivity index (χ3n) is 6.74. The van der Waals surface area contributed by atoms with Gasteiger partial charge < -0.3 is 14.6 Å². The van der Waals surface area contributed by atoms with Gasteiger partial charge in [-0.05, 0) is 64.0 Å². The molecule has 1 unspecified atom stereocenters. The van der Waals surface area contributed by atoms with E-state index in [-0.39, 0.29) is 30.9 Å². The number of hydrogen-bond donors (Lipinski definition) is 1. The van der Waals surface area contributed by atoms with Gasteiger partial charge in [0.05, 0.1) is 30.0 Å². The van der Waals surface area contributed by atoms with Crippen molar-refractivity contribution in [2.45, 2.75) is 52.4 Å². The van der Waals surface area contributed by atoms with E-state index in [1.807, 2.05) is 26.0 Å². The number of benzene rings is 2. The number of allylic oxidation sites excluding steroid dienone is 3. The summed E-state index contributed by atoms with van der Waals surface area (Å²) >= 11 is 0. The van der Waals surface area contributed by atoms with E-state index in [0.29, 0.717) is 39.7 Å². The van der Waals surface area contributed by atoms with E-state index in [2.05, 4.69) is 13.0 Å². The van der Waals surface area contributed by atoms with E-state index in [4.69, 9.17) is 14.5 Å². The van der Waals surface area contributed by atoms with E-state index in [9.17, 15) is 14.7 Å². The summed E-state index contributed by atoms with van der Waals surface area (Å²) in [6.45, 7) is 5.93. The Kier molecular flexibility index (Phi) is 6.60. The molecule has 0 saturated heterocycles. The maximum absolute atomic E-state index is 13.3. The van der Waals surface area contributed by atoms with Crippen molar-refractivity contribution in [3.63, 3.8) is 0 Å². The normalized spacial score (nSPS) is 18.9. The van der Waals surface area contributed by atoms with Crippen LogP contribution in [-0.2, 0) is 0 Å². The predicted octanol–water partition coefficient (Wildman–Crippen LogP) is 5.13. The standard InChI is InChI=1S/C29H31N3O5/c1-17(2)37-24-10-6-9-22-26(24)29(35)31(27(22)33)14-13-25-30-23-16-20(36-4)11-12-21(23)28(34)32(25)19-8-5-7-18(3)15-19/h6,8-12,15-17,28,34H,5,7,13-14H2,1-4H3. The lowest BCUT2D eigenvalue weighted by Crippen LogP contribution is -2.40. The average molecular weight is 502 g/mol. The van der Waals surface area contributed by atoms with Crippen LogP contribution in [-0.4, -0.2) is 52.3 Å². The number of fused-ring (bicyclic) bond motifs is 2. The van der Waals surface area contributed by atoms with Gasteiger partial charge in [-0.3, -0.25) is 19.4 Å². The summed E-state index contributed by atoms with van der Waals surface area (Å²) in [5, 5.41) is 11.4. The molecule has 2 aliphatic heterocycles. The quantitative estimate of drug-likeness (QED) is 0.529. The Bertz CT molecular complexity index is 1360. The van der Waals surface area contributed by atoms with Gasteiger partial charge in [-0.1, -0.05) is 17.7 Å². The Morgan fingerprint density at radius 1 is 1.16 bits per heavy atom. The Morgan fingerprint density at radius 3 is 2.70 bits per heavy atom. The number of carbonyl (C=O) groups is 2. The summed E-state index contributed by atoms with van der Waals surface area (Å²) in [7, 11) is 1.58. The number of carbonyl (C=O) groups excluding carboxylic acids is 2. The largest absolute Gasteiger partial charge is 0.497 e. The number of amidine groups is 1. The highest BCUT2D eigenvalue weighted by Crippen LogP contribution is 2.40. The predicted molar refractivity (Wildman–Crippen MR) is 140 cm³/mol. The zero-order valence-corrected chi connectivity index (χ0v) is 21.5. The fourth-order valence-corrected chi connectivity index (χ4v) is 4.97. The van der Waals surface area contributed by atoms with Gasteiger partial charge in [0.1, 0.15) is 17.3 Å². The molecule has 1 atom stereocenters. The van der Waals surface area contributed by atoms with Crippen LogP contribution in [0.4, 0.5) is 5.69 Å². The number of rotatable bonds is 7. The molecule has 0 aromatic heterocycles. The van der Waals surface area contributed by atoms with Crippen molar-refractivity contribution in [3.05, 3.63) is 76.5 Å². The first-order valence-electron chi connectivity index (χ1n) is 12.5. The summed E-state index contributed by atoms with van der Waals surface area (Å²) in [5.41, 5.74) is 3.97. The monoisotopic (exact) mass is 501 g/mol. The van der Waals surface area contributed by atoms with Gasteiger partial charge >= 0.3 is 0 Å². The molecule has 37 heavy (non-hydrogen) atoms. The van der Waals surface area contributed by atoms with Gasteiger partial charge in [0.25, 0.3) is 11.8 Å². The van der Waals surface area contributed by atoms with Crippen molar-refractivity contribution in [2.75, 3.05) is 13.7 Å². The molecule has 0 radical (unpaired) electrons. The highest BCUT2D eigenvalue weighted by molar-refractivity contribution is 6.22. The number of aliphatic imine (C=N–C) groups is 1. The van der Waals surface area contributed by atoms with Crippen molar-refractivity contribution in [1.29, 1.82) is 0 Å². The van der Waals surface area contributed by atoms with Crippen LogP contribution in [0.3, 0.4) is 0 Å². The molecule has 1 N–H and O–H groups in total. The summed E-state index contributed by atoms with van der Waals surface area (Å²) in [4.78, 5) is 34.4. The summed E-state index contributed by atoms with van der Waals surface area (Å²) in [5.74, 6) is 0.880. The van der Waals surface area contributed by atoms with Crippen molar-refractivity contribution in [1.82, 2.24) is 9.80 Å². The Morgan fingerprint density at radius 2 is 1.97 bits per heavy atom. The lowest BCUT2D eigenvalue weighted by Gasteiger charge is -2.37. The van der Waals surface area contributed by atoms with Gasteiger partial charge in [0.15, 0.2) is 6.23 Å². The molecule has 8 heteroatoms. The van der Waals surface area contributed by atoms with Crippen molar-refractivity contribution < 1.29 is 24.2 Å². The van der Waals surface area contributed by atoms with Crippen LogP contribution in [0.5, 0.6) is 11.5 Å². The van der Waals surface area contributed by atoms with Crippen molar-refractivity contribution >= 4 is 23.3 Å². The second-order valence-corrected chi connectivity index (χ2v) is 9.71. The summed E-state index contributed by atoms with van der Waals surface area (Å²) in [6.07, 6.45) is 5.13. The second kappa shape index (κ2) is 9.86. The molecule has 2 amide bonds. The Balaban J connectivity index is 1.47. The number of amides is 2. The highest BCUT2D eigenvalue weighted by atomic mass is 16.5. The van der Waals surface area contributed by atoms with E-state index < -0.39 is 6.23 Å². The van der Waals surface area contributed by atoms with Crippen LogP contribution in [0.25, 0.3) is 0 Å². The fraction of sp³-hybridized carbons (Fsp3) is 0.345. The van der Waals surface area contributed by atoms with Gasteiger partial charge in [0, 0.05) is 30.3 Å². The van der Waals surface area contributed by atoms with Gasteiger partial charge in [0.2, 0.25) is 0 Å². The third-order valence-corrected chi connectivity index (χ3v) is 6.74. The molecule has 0 saturated carbocycles. The zero-order valence-electron chi connectivity index (χ0n) is 21.5. The second-order valence-electron chi connectivity index (χ2n) is 9.71. The lowest BCUT2D eigenvalue weighted by atomic mass is 10.0. The smallest absolute Gasteiger partial charge is 0.265 e.